The Kier molecular flexibility index (Phi) is 4.39. The van der Waals surface area contributed by atoms with Gasteiger partial charge in [-0.2, -0.15) is 0 Å². The first-order valence-corrected chi connectivity index (χ1v) is 7.08. The van der Waals surface area contributed by atoms with Crippen LogP contribution >= 0.6 is 15.9 Å². The molecule has 5 nitrogen and oxygen atoms in total. The van der Waals surface area contributed by atoms with Crippen molar-refractivity contribution in [1.82, 2.24) is 9.80 Å². The van der Waals surface area contributed by atoms with E-state index in [1.807, 2.05) is 4.90 Å². The van der Waals surface area contributed by atoms with Gasteiger partial charge >= 0.3 is 0 Å². The van der Waals surface area contributed by atoms with E-state index in [-0.39, 0.29) is 17.9 Å². The lowest BCUT2D eigenvalue weighted by Crippen LogP contribution is -2.51. The zero-order valence-electron chi connectivity index (χ0n) is 9.73. The molecule has 0 radical (unpaired) electrons. The highest BCUT2D eigenvalue weighted by atomic mass is 79.9. The third kappa shape index (κ3) is 2.80. The standard InChI is InChI=1S/C11H17BrN2O3/c12-8-10(15)14-3-1-2-9(14)11(16)13-4-6-17-7-5-13/h9H,1-8H2. The SMILES string of the molecule is O=C(C1CCCN1C(=O)CBr)N1CCOCC1. The largest absolute Gasteiger partial charge is 0.378 e. The van der Waals surface area contributed by atoms with Crippen molar-refractivity contribution >= 4 is 27.7 Å². The van der Waals surface area contributed by atoms with Crippen LogP contribution < -0.4 is 0 Å². The normalized spacial score (nSPS) is 25.1. The molecule has 2 aliphatic heterocycles. The van der Waals surface area contributed by atoms with Crippen LogP contribution in [0.15, 0.2) is 0 Å². The van der Waals surface area contributed by atoms with Crippen LogP contribution in [0.3, 0.4) is 0 Å². The molecule has 0 saturated carbocycles. The minimum atomic E-state index is -0.252. The van der Waals surface area contributed by atoms with E-state index in [4.69, 9.17) is 4.74 Å². The zero-order valence-corrected chi connectivity index (χ0v) is 11.3. The number of hydrogen-bond donors (Lipinski definition) is 0. The molecule has 0 aromatic rings. The van der Waals surface area contributed by atoms with E-state index in [1.165, 1.54) is 0 Å². The molecule has 0 aromatic heterocycles. The van der Waals surface area contributed by atoms with Crippen LogP contribution in [-0.4, -0.2) is 65.8 Å². The number of halogens is 1. The van der Waals surface area contributed by atoms with Crippen molar-refractivity contribution in [2.75, 3.05) is 38.2 Å². The van der Waals surface area contributed by atoms with Crippen LogP contribution in [0.25, 0.3) is 0 Å². The van der Waals surface area contributed by atoms with Gasteiger partial charge in [-0.1, -0.05) is 15.9 Å². The summed E-state index contributed by atoms with van der Waals surface area (Å²) in [4.78, 5) is 27.5. The molecule has 96 valence electrons. The molecular weight excluding hydrogens is 288 g/mol. The Hall–Kier alpha value is -0.620. The highest BCUT2D eigenvalue weighted by Gasteiger charge is 2.36. The van der Waals surface area contributed by atoms with Gasteiger partial charge in [-0.25, -0.2) is 0 Å². The van der Waals surface area contributed by atoms with Gasteiger partial charge in [-0.3, -0.25) is 9.59 Å². The van der Waals surface area contributed by atoms with Gasteiger partial charge < -0.3 is 14.5 Å². The number of amides is 2. The molecule has 0 spiro atoms. The first kappa shape index (κ1) is 12.8. The second kappa shape index (κ2) is 5.82. The summed E-state index contributed by atoms with van der Waals surface area (Å²) in [6.07, 6.45) is 1.70. The highest BCUT2D eigenvalue weighted by molar-refractivity contribution is 9.09. The van der Waals surface area contributed by atoms with E-state index < -0.39 is 0 Å². The fourth-order valence-electron chi connectivity index (χ4n) is 2.39. The first-order chi connectivity index (χ1) is 8.24. The van der Waals surface area contributed by atoms with Crippen molar-refractivity contribution in [3.05, 3.63) is 0 Å². The third-order valence-electron chi connectivity index (χ3n) is 3.30. The minimum absolute atomic E-state index is 0.00843. The van der Waals surface area contributed by atoms with Crippen LogP contribution in [0, 0.1) is 0 Å². The van der Waals surface area contributed by atoms with Crippen LogP contribution in [0.1, 0.15) is 12.8 Å². The molecule has 0 aliphatic carbocycles. The van der Waals surface area contributed by atoms with Crippen LogP contribution in [-0.2, 0) is 14.3 Å². The molecule has 2 saturated heterocycles. The number of rotatable bonds is 2. The number of nitrogens with zero attached hydrogens (tertiary/aromatic N) is 2. The molecule has 2 heterocycles. The molecule has 2 aliphatic rings. The molecule has 1 atom stereocenters. The molecule has 0 bridgehead atoms. The fourth-order valence-corrected chi connectivity index (χ4v) is 2.72. The Morgan fingerprint density at radius 3 is 2.59 bits per heavy atom. The maximum atomic E-state index is 12.3. The lowest BCUT2D eigenvalue weighted by molar-refractivity contribution is -0.145. The quantitative estimate of drug-likeness (QED) is 0.686. The van der Waals surface area contributed by atoms with Gasteiger partial charge in [0.1, 0.15) is 6.04 Å². The molecular formula is C11H17BrN2O3. The zero-order chi connectivity index (χ0) is 12.3. The number of likely N-dealkylation sites (tertiary alicyclic amines) is 1. The number of ether oxygens (including phenoxy) is 1. The van der Waals surface area contributed by atoms with Crippen molar-refractivity contribution in [3.63, 3.8) is 0 Å². The van der Waals surface area contributed by atoms with E-state index >= 15 is 0 Å². The average molecular weight is 305 g/mol. The van der Waals surface area contributed by atoms with E-state index in [1.54, 1.807) is 4.90 Å². The van der Waals surface area contributed by atoms with E-state index in [0.717, 1.165) is 12.8 Å². The number of hydrogen-bond acceptors (Lipinski definition) is 3. The van der Waals surface area contributed by atoms with Gasteiger partial charge in [0.15, 0.2) is 0 Å². The molecule has 0 aromatic carbocycles. The van der Waals surface area contributed by atoms with E-state index in [0.29, 0.717) is 38.2 Å². The van der Waals surface area contributed by atoms with Crippen molar-refractivity contribution in [2.45, 2.75) is 18.9 Å². The summed E-state index contributed by atoms with van der Waals surface area (Å²) in [6, 6.07) is -0.252. The predicted molar refractivity (Wildman–Crippen MR) is 65.9 cm³/mol. The summed E-state index contributed by atoms with van der Waals surface area (Å²) in [7, 11) is 0. The molecule has 1 unspecified atom stereocenters. The Morgan fingerprint density at radius 2 is 1.94 bits per heavy atom. The molecule has 2 rings (SSSR count). The molecule has 6 heteroatoms. The van der Waals surface area contributed by atoms with Crippen molar-refractivity contribution in [1.29, 1.82) is 0 Å². The monoisotopic (exact) mass is 304 g/mol. The molecule has 2 fully saturated rings. The van der Waals surface area contributed by atoms with Gasteiger partial charge in [0.05, 0.1) is 18.5 Å². The Morgan fingerprint density at radius 1 is 1.24 bits per heavy atom. The maximum absolute atomic E-state index is 12.3. The minimum Gasteiger partial charge on any atom is -0.378 e. The fraction of sp³-hybridized carbons (Fsp3) is 0.818. The van der Waals surface area contributed by atoms with Gasteiger partial charge in [0.25, 0.3) is 0 Å². The van der Waals surface area contributed by atoms with Crippen LogP contribution in [0.4, 0.5) is 0 Å². The summed E-state index contributed by atoms with van der Waals surface area (Å²) < 4.78 is 5.23. The van der Waals surface area contributed by atoms with Crippen LogP contribution in [0.2, 0.25) is 0 Å². The number of morpholine rings is 1. The van der Waals surface area contributed by atoms with Gasteiger partial charge in [-0.05, 0) is 12.8 Å². The second-order valence-corrected chi connectivity index (χ2v) is 4.88. The molecule has 2 amide bonds. The topological polar surface area (TPSA) is 49.9 Å². The predicted octanol–water partition coefficient (Wildman–Crippen LogP) is 0.231. The second-order valence-electron chi connectivity index (χ2n) is 4.32. The summed E-state index contributed by atoms with van der Waals surface area (Å²) >= 11 is 3.16. The number of carbonyl (C=O) groups excluding carboxylic acids is 2. The Bertz CT molecular complexity index is 305. The van der Waals surface area contributed by atoms with E-state index in [9.17, 15) is 9.59 Å². The number of carbonyl (C=O) groups is 2. The summed E-state index contributed by atoms with van der Waals surface area (Å²) in [5.74, 6) is 0.0919. The van der Waals surface area contributed by atoms with Gasteiger partial charge in [0, 0.05) is 19.6 Å². The van der Waals surface area contributed by atoms with Crippen LogP contribution in [0.5, 0.6) is 0 Å². The van der Waals surface area contributed by atoms with Crippen molar-refractivity contribution in [2.24, 2.45) is 0 Å². The Balaban J connectivity index is 1.99. The lowest BCUT2D eigenvalue weighted by atomic mass is 10.2. The summed E-state index contributed by atoms with van der Waals surface area (Å²) in [6.45, 7) is 3.19. The van der Waals surface area contributed by atoms with Crippen molar-refractivity contribution < 1.29 is 14.3 Å². The summed E-state index contributed by atoms with van der Waals surface area (Å²) in [5.41, 5.74) is 0. The molecule has 0 N–H and O–H groups in total. The number of alkyl halides is 1. The summed E-state index contributed by atoms with van der Waals surface area (Å²) in [5, 5.41) is 0.292. The first-order valence-electron chi connectivity index (χ1n) is 5.96. The van der Waals surface area contributed by atoms with E-state index in [2.05, 4.69) is 15.9 Å². The lowest BCUT2D eigenvalue weighted by Gasteiger charge is -2.32. The maximum Gasteiger partial charge on any atom is 0.245 e. The average Bonchev–Trinajstić information content (AvgIpc) is 2.87. The van der Waals surface area contributed by atoms with Gasteiger partial charge in [0.2, 0.25) is 11.8 Å². The van der Waals surface area contributed by atoms with Gasteiger partial charge in [-0.15, -0.1) is 0 Å². The highest BCUT2D eigenvalue weighted by Crippen LogP contribution is 2.20. The third-order valence-corrected chi connectivity index (χ3v) is 3.77. The Labute approximate surface area is 109 Å². The molecule has 17 heavy (non-hydrogen) atoms. The smallest absolute Gasteiger partial charge is 0.245 e. The van der Waals surface area contributed by atoms with Crippen molar-refractivity contribution in [3.8, 4) is 0 Å².